The van der Waals surface area contributed by atoms with Crippen LogP contribution in [-0.2, 0) is 0 Å². The Morgan fingerprint density at radius 3 is 1.61 bits per heavy atom. The number of nitrogens with two attached hydrogens (primary N) is 1. The van der Waals surface area contributed by atoms with Crippen molar-refractivity contribution in [1.82, 2.24) is 0 Å². The van der Waals surface area contributed by atoms with Crippen molar-refractivity contribution in [2.24, 2.45) is 5.73 Å². The zero-order chi connectivity index (χ0) is 17.1. The fraction of sp³-hybridized carbons (Fsp3) is 0.0909. The highest BCUT2D eigenvalue weighted by Crippen LogP contribution is 2.24. The second-order valence-corrected chi connectivity index (χ2v) is 4.77. The maximum Gasteiger partial charge on any atom is 0.0241 e. The van der Waals surface area contributed by atoms with Crippen molar-refractivity contribution in [1.29, 1.82) is 0 Å². The molecule has 0 heterocycles. The summed E-state index contributed by atoms with van der Waals surface area (Å²) in [6.07, 6.45) is 5.69. The minimum Gasteiger partial charge on any atom is -0.399 e. The molecule has 0 bridgehead atoms. The Morgan fingerprint density at radius 1 is 0.783 bits per heavy atom. The highest BCUT2D eigenvalue weighted by Gasteiger charge is 2.04. The van der Waals surface area contributed by atoms with Crippen molar-refractivity contribution in [2.45, 2.75) is 13.8 Å². The average molecular weight is 303 g/mol. The van der Waals surface area contributed by atoms with E-state index in [1.54, 1.807) is 6.08 Å². The van der Waals surface area contributed by atoms with E-state index in [-0.39, 0.29) is 0 Å². The van der Waals surface area contributed by atoms with Crippen LogP contribution in [0.1, 0.15) is 25.0 Å². The van der Waals surface area contributed by atoms with Crippen molar-refractivity contribution in [2.75, 3.05) is 0 Å². The molecule has 0 unspecified atom stereocenters. The van der Waals surface area contributed by atoms with Crippen LogP contribution >= 0.6 is 0 Å². The molecule has 23 heavy (non-hydrogen) atoms. The number of allylic oxidation sites excluding steroid dienone is 4. The molecule has 2 aromatic rings. The molecule has 2 aromatic carbocycles. The lowest BCUT2D eigenvalue weighted by Gasteiger charge is -2.09. The van der Waals surface area contributed by atoms with Crippen molar-refractivity contribution in [3.63, 3.8) is 0 Å². The van der Waals surface area contributed by atoms with Crippen molar-refractivity contribution < 1.29 is 0 Å². The largest absolute Gasteiger partial charge is 0.399 e. The van der Waals surface area contributed by atoms with Gasteiger partial charge in [-0.05, 0) is 34.4 Å². The van der Waals surface area contributed by atoms with E-state index < -0.39 is 0 Å². The molecule has 0 aliphatic rings. The first-order valence-electron chi connectivity index (χ1n) is 7.81. The summed E-state index contributed by atoms with van der Waals surface area (Å²) in [7, 11) is 0. The molecule has 0 saturated carbocycles. The SMILES string of the molecule is C=C(N)/C=C\C(=C)C=C(c1ccccc1)c1ccccc1.CC. The van der Waals surface area contributed by atoms with Gasteiger partial charge in [0.05, 0.1) is 0 Å². The normalized spacial score (nSPS) is 9.65. The fourth-order valence-corrected chi connectivity index (χ4v) is 2.02. The number of benzene rings is 2. The minimum atomic E-state index is 0.519. The Labute approximate surface area is 140 Å². The summed E-state index contributed by atoms with van der Waals surface area (Å²) in [5, 5.41) is 0. The van der Waals surface area contributed by atoms with E-state index in [1.165, 1.54) is 0 Å². The van der Waals surface area contributed by atoms with Crippen molar-refractivity contribution >= 4 is 5.57 Å². The van der Waals surface area contributed by atoms with Crippen LogP contribution in [0.3, 0.4) is 0 Å². The predicted octanol–water partition coefficient (Wildman–Crippen LogP) is 5.73. The highest BCUT2D eigenvalue weighted by atomic mass is 14.5. The maximum absolute atomic E-state index is 5.55. The van der Waals surface area contributed by atoms with Gasteiger partial charge >= 0.3 is 0 Å². The molecule has 0 saturated heterocycles. The molecular weight excluding hydrogens is 278 g/mol. The molecule has 0 radical (unpaired) electrons. The molecule has 0 fully saturated rings. The van der Waals surface area contributed by atoms with Crippen LogP contribution in [0.15, 0.2) is 103 Å². The van der Waals surface area contributed by atoms with Gasteiger partial charge in [-0.25, -0.2) is 0 Å². The fourth-order valence-electron chi connectivity index (χ4n) is 2.02. The molecule has 1 nitrogen and oxygen atoms in total. The third kappa shape index (κ3) is 6.23. The van der Waals surface area contributed by atoms with Crippen LogP contribution in [0.4, 0.5) is 0 Å². The van der Waals surface area contributed by atoms with Gasteiger partial charge in [-0.1, -0.05) is 93.7 Å². The Bertz CT molecular complexity index is 635. The lowest BCUT2D eigenvalue weighted by molar-refractivity contribution is 1.45. The summed E-state index contributed by atoms with van der Waals surface area (Å²) in [6.45, 7) is 11.7. The Kier molecular flexibility index (Phi) is 7.95. The molecule has 0 aromatic heterocycles. The number of hydrogen-bond acceptors (Lipinski definition) is 1. The Balaban J connectivity index is 0.00000127. The van der Waals surface area contributed by atoms with Gasteiger partial charge in [0.25, 0.3) is 0 Å². The van der Waals surface area contributed by atoms with Gasteiger partial charge in [0.15, 0.2) is 0 Å². The lowest BCUT2D eigenvalue weighted by atomic mass is 9.96. The van der Waals surface area contributed by atoms with Crippen LogP contribution < -0.4 is 5.73 Å². The lowest BCUT2D eigenvalue weighted by Crippen LogP contribution is -1.90. The van der Waals surface area contributed by atoms with E-state index >= 15 is 0 Å². The topological polar surface area (TPSA) is 26.0 Å². The molecular formula is C22H25N. The summed E-state index contributed by atoms with van der Waals surface area (Å²) < 4.78 is 0. The van der Waals surface area contributed by atoms with Gasteiger partial charge in [0, 0.05) is 5.70 Å². The summed E-state index contributed by atoms with van der Waals surface area (Å²) in [4.78, 5) is 0. The molecule has 0 aliphatic carbocycles. The quantitative estimate of drug-likeness (QED) is 0.701. The van der Waals surface area contributed by atoms with Crippen molar-refractivity contribution in [3.05, 3.63) is 114 Å². The maximum atomic E-state index is 5.55. The molecule has 0 amide bonds. The van der Waals surface area contributed by atoms with E-state index in [0.29, 0.717) is 5.70 Å². The second-order valence-electron chi connectivity index (χ2n) is 4.77. The smallest absolute Gasteiger partial charge is 0.0241 e. The van der Waals surface area contributed by atoms with Crippen LogP contribution in [0.2, 0.25) is 0 Å². The van der Waals surface area contributed by atoms with Crippen LogP contribution in [0, 0.1) is 0 Å². The third-order valence-electron chi connectivity index (χ3n) is 3.01. The van der Waals surface area contributed by atoms with E-state index in [1.807, 2.05) is 56.3 Å². The van der Waals surface area contributed by atoms with Gasteiger partial charge in [0.1, 0.15) is 0 Å². The van der Waals surface area contributed by atoms with E-state index in [2.05, 4.69) is 43.5 Å². The van der Waals surface area contributed by atoms with Gasteiger partial charge < -0.3 is 5.73 Å². The molecule has 0 spiro atoms. The zero-order valence-corrected chi connectivity index (χ0v) is 14.0. The molecule has 118 valence electrons. The van der Waals surface area contributed by atoms with Gasteiger partial charge in [-0.3, -0.25) is 0 Å². The van der Waals surface area contributed by atoms with Gasteiger partial charge in [-0.2, -0.15) is 0 Å². The first-order valence-corrected chi connectivity index (χ1v) is 7.81. The molecule has 0 atom stereocenters. The van der Waals surface area contributed by atoms with E-state index in [9.17, 15) is 0 Å². The molecule has 2 N–H and O–H groups in total. The molecule has 1 heteroatoms. The minimum absolute atomic E-state index is 0.519. The summed E-state index contributed by atoms with van der Waals surface area (Å²) in [6, 6.07) is 20.5. The molecule has 2 rings (SSSR count). The standard InChI is InChI=1S/C20H19N.C2H6/c1-16(13-14-17(2)21)15-20(18-9-5-3-6-10-18)19-11-7-4-8-12-19;1-2/h3-15H,1-2,21H2;1-2H3/b14-13-;. The summed E-state index contributed by atoms with van der Waals surface area (Å²) in [5.41, 5.74) is 10.4. The first-order chi connectivity index (χ1) is 11.2. The van der Waals surface area contributed by atoms with Crippen LogP contribution in [-0.4, -0.2) is 0 Å². The van der Waals surface area contributed by atoms with Gasteiger partial charge in [0.2, 0.25) is 0 Å². The highest BCUT2D eigenvalue weighted by molar-refractivity contribution is 5.81. The van der Waals surface area contributed by atoms with Gasteiger partial charge in [-0.15, -0.1) is 0 Å². The second kappa shape index (κ2) is 10.0. The van der Waals surface area contributed by atoms with Crippen molar-refractivity contribution in [3.8, 4) is 0 Å². The number of hydrogen-bond donors (Lipinski definition) is 1. The molecule has 0 aliphatic heterocycles. The monoisotopic (exact) mass is 303 g/mol. The van der Waals surface area contributed by atoms with Crippen LogP contribution in [0.5, 0.6) is 0 Å². The first kappa shape index (κ1) is 18.2. The Hall–Kier alpha value is -2.80. The zero-order valence-electron chi connectivity index (χ0n) is 14.0. The predicted molar refractivity (Wildman–Crippen MR) is 103 cm³/mol. The summed E-state index contributed by atoms with van der Waals surface area (Å²) >= 11 is 0. The third-order valence-corrected chi connectivity index (χ3v) is 3.01. The van der Waals surface area contributed by atoms with E-state index in [4.69, 9.17) is 5.73 Å². The Morgan fingerprint density at radius 2 is 1.22 bits per heavy atom. The van der Waals surface area contributed by atoms with E-state index in [0.717, 1.165) is 22.3 Å². The average Bonchev–Trinajstić information content (AvgIpc) is 2.61. The van der Waals surface area contributed by atoms with Crippen LogP contribution in [0.25, 0.3) is 5.57 Å². The number of rotatable bonds is 5. The summed E-state index contributed by atoms with van der Waals surface area (Å²) in [5.74, 6) is 0.